The molecule has 0 spiro atoms. The van der Waals surface area contributed by atoms with Gasteiger partial charge in [-0.05, 0) is 24.1 Å². The number of amides is 2. The predicted molar refractivity (Wildman–Crippen MR) is 108 cm³/mol. The molecule has 148 valence electrons. The average molecular weight is 391 g/mol. The Balaban J connectivity index is 1.22. The molecule has 0 unspecified atom stereocenters. The average Bonchev–Trinajstić information content (AvgIpc) is 3.35. The van der Waals surface area contributed by atoms with Crippen molar-refractivity contribution in [2.24, 2.45) is 0 Å². The SMILES string of the molecule is O=C(Nc1ccc2c(c1)OCO2)Nc1n[nH]c2c1CCN(Cc1ccccc1)C2. The van der Waals surface area contributed by atoms with Gasteiger partial charge < -0.3 is 14.8 Å². The molecule has 2 aliphatic rings. The molecule has 0 radical (unpaired) electrons. The van der Waals surface area contributed by atoms with E-state index in [9.17, 15) is 4.79 Å². The van der Waals surface area contributed by atoms with Crippen LogP contribution in [0.4, 0.5) is 16.3 Å². The molecular weight excluding hydrogens is 370 g/mol. The normalized spacial score (nSPS) is 15.0. The Morgan fingerprint density at radius 1 is 1.10 bits per heavy atom. The number of benzene rings is 2. The largest absolute Gasteiger partial charge is 0.454 e. The van der Waals surface area contributed by atoms with Gasteiger partial charge in [0.15, 0.2) is 17.3 Å². The summed E-state index contributed by atoms with van der Waals surface area (Å²) in [5.74, 6) is 1.88. The van der Waals surface area contributed by atoms with E-state index >= 15 is 0 Å². The van der Waals surface area contributed by atoms with E-state index in [-0.39, 0.29) is 12.8 Å². The molecular formula is C21H21N5O3. The first kappa shape index (κ1) is 17.6. The number of nitrogens with one attached hydrogen (secondary N) is 3. The summed E-state index contributed by atoms with van der Waals surface area (Å²) >= 11 is 0. The van der Waals surface area contributed by atoms with Gasteiger partial charge in [-0.3, -0.25) is 15.3 Å². The van der Waals surface area contributed by atoms with E-state index in [1.807, 2.05) is 6.07 Å². The molecule has 8 heteroatoms. The number of fused-ring (bicyclic) bond motifs is 2. The van der Waals surface area contributed by atoms with Crippen molar-refractivity contribution in [2.45, 2.75) is 19.5 Å². The van der Waals surface area contributed by atoms with Crippen molar-refractivity contribution in [2.75, 3.05) is 24.0 Å². The van der Waals surface area contributed by atoms with Crippen LogP contribution in [0.15, 0.2) is 48.5 Å². The smallest absolute Gasteiger partial charge is 0.324 e. The van der Waals surface area contributed by atoms with Crippen molar-refractivity contribution in [1.29, 1.82) is 0 Å². The standard InChI is InChI=1S/C21H21N5O3/c27-21(22-15-6-7-18-19(10-15)29-13-28-18)23-20-16-8-9-26(12-17(16)24-25-20)11-14-4-2-1-3-5-14/h1-7,10H,8-9,11-13H2,(H3,22,23,24,25,27). The van der Waals surface area contributed by atoms with Crippen LogP contribution in [0.25, 0.3) is 0 Å². The second-order valence-electron chi connectivity index (χ2n) is 7.12. The van der Waals surface area contributed by atoms with Crippen LogP contribution in [0, 0.1) is 0 Å². The Kier molecular flexibility index (Phi) is 4.53. The van der Waals surface area contributed by atoms with Crippen LogP contribution in [0.1, 0.15) is 16.8 Å². The lowest BCUT2D eigenvalue weighted by Crippen LogP contribution is -2.30. The van der Waals surface area contributed by atoms with Crippen molar-refractivity contribution in [1.82, 2.24) is 15.1 Å². The molecule has 3 N–H and O–H groups in total. The number of H-pyrrole nitrogens is 1. The zero-order valence-electron chi connectivity index (χ0n) is 15.8. The highest BCUT2D eigenvalue weighted by Crippen LogP contribution is 2.34. The number of hydrogen-bond acceptors (Lipinski definition) is 5. The van der Waals surface area contributed by atoms with Gasteiger partial charge in [0.05, 0.1) is 5.69 Å². The molecule has 3 aromatic rings. The molecule has 0 fully saturated rings. The maximum atomic E-state index is 12.4. The Bertz CT molecular complexity index is 1030. The van der Waals surface area contributed by atoms with Crippen molar-refractivity contribution in [3.63, 3.8) is 0 Å². The maximum Gasteiger partial charge on any atom is 0.324 e. The van der Waals surface area contributed by atoms with E-state index < -0.39 is 0 Å². The van der Waals surface area contributed by atoms with Gasteiger partial charge >= 0.3 is 6.03 Å². The summed E-state index contributed by atoms with van der Waals surface area (Å²) in [5.41, 5.74) is 4.03. The fourth-order valence-electron chi connectivity index (χ4n) is 3.70. The van der Waals surface area contributed by atoms with E-state index in [1.54, 1.807) is 18.2 Å². The number of urea groups is 1. The Labute approximate surface area is 167 Å². The minimum atomic E-state index is -0.343. The number of carbonyl (C=O) groups is 1. The monoisotopic (exact) mass is 391 g/mol. The summed E-state index contributed by atoms with van der Waals surface area (Å²) in [7, 11) is 0. The lowest BCUT2D eigenvalue weighted by molar-refractivity contribution is 0.174. The highest BCUT2D eigenvalue weighted by molar-refractivity contribution is 5.99. The first-order valence-electron chi connectivity index (χ1n) is 9.54. The van der Waals surface area contributed by atoms with E-state index in [2.05, 4.69) is 50.0 Å². The molecule has 29 heavy (non-hydrogen) atoms. The Morgan fingerprint density at radius 3 is 2.86 bits per heavy atom. The zero-order chi connectivity index (χ0) is 19.6. The molecule has 2 aliphatic heterocycles. The van der Waals surface area contributed by atoms with Crippen LogP contribution < -0.4 is 20.1 Å². The van der Waals surface area contributed by atoms with Crippen molar-refractivity contribution in [3.05, 3.63) is 65.4 Å². The highest BCUT2D eigenvalue weighted by Gasteiger charge is 2.23. The third kappa shape index (κ3) is 3.74. The van der Waals surface area contributed by atoms with Gasteiger partial charge in [0.2, 0.25) is 6.79 Å². The first-order chi connectivity index (χ1) is 14.2. The third-order valence-corrected chi connectivity index (χ3v) is 5.12. The second-order valence-corrected chi connectivity index (χ2v) is 7.12. The van der Waals surface area contributed by atoms with Crippen LogP contribution in [0.2, 0.25) is 0 Å². The molecule has 8 nitrogen and oxygen atoms in total. The van der Waals surface area contributed by atoms with Gasteiger partial charge in [-0.25, -0.2) is 4.79 Å². The zero-order valence-corrected chi connectivity index (χ0v) is 15.8. The highest BCUT2D eigenvalue weighted by atomic mass is 16.7. The quantitative estimate of drug-likeness (QED) is 0.635. The van der Waals surface area contributed by atoms with Gasteiger partial charge in [0.25, 0.3) is 0 Å². The Morgan fingerprint density at radius 2 is 1.97 bits per heavy atom. The van der Waals surface area contributed by atoms with Crippen LogP contribution in [0.5, 0.6) is 11.5 Å². The van der Waals surface area contributed by atoms with Gasteiger partial charge in [0, 0.05) is 37.0 Å². The summed E-state index contributed by atoms with van der Waals surface area (Å²) in [6.45, 7) is 2.79. The lowest BCUT2D eigenvalue weighted by Gasteiger charge is -2.26. The molecule has 2 amide bonds. The molecule has 0 aliphatic carbocycles. The molecule has 1 aromatic heterocycles. The number of rotatable bonds is 4. The fourth-order valence-corrected chi connectivity index (χ4v) is 3.70. The number of aromatic amines is 1. The number of carbonyl (C=O) groups excluding carboxylic acids is 1. The molecule has 0 atom stereocenters. The van der Waals surface area contributed by atoms with Crippen LogP contribution in [0.3, 0.4) is 0 Å². The summed E-state index contributed by atoms with van der Waals surface area (Å²) in [6.07, 6.45) is 0.832. The van der Waals surface area contributed by atoms with Crippen LogP contribution in [-0.2, 0) is 19.5 Å². The predicted octanol–water partition coefficient (Wildman–Crippen LogP) is 3.34. The van der Waals surface area contributed by atoms with Crippen LogP contribution >= 0.6 is 0 Å². The minimum absolute atomic E-state index is 0.200. The fraction of sp³-hybridized carbons (Fsp3) is 0.238. The molecule has 3 heterocycles. The number of ether oxygens (including phenoxy) is 2. The molecule has 0 saturated carbocycles. The molecule has 5 rings (SSSR count). The van der Waals surface area contributed by atoms with Gasteiger partial charge in [0.1, 0.15) is 0 Å². The number of aromatic nitrogens is 2. The van der Waals surface area contributed by atoms with Gasteiger partial charge in [-0.1, -0.05) is 30.3 Å². The first-order valence-corrected chi connectivity index (χ1v) is 9.54. The topological polar surface area (TPSA) is 91.5 Å². The number of nitrogens with zero attached hydrogens (tertiary/aromatic N) is 2. The van der Waals surface area contributed by atoms with E-state index in [0.29, 0.717) is 23.0 Å². The minimum Gasteiger partial charge on any atom is -0.454 e. The lowest BCUT2D eigenvalue weighted by atomic mass is 10.1. The van der Waals surface area contributed by atoms with E-state index in [0.717, 1.165) is 37.3 Å². The molecule has 0 bridgehead atoms. The van der Waals surface area contributed by atoms with Crippen molar-refractivity contribution in [3.8, 4) is 11.5 Å². The third-order valence-electron chi connectivity index (χ3n) is 5.12. The summed E-state index contributed by atoms with van der Waals surface area (Å²) < 4.78 is 10.6. The number of anilines is 2. The van der Waals surface area contributed by atoms with Crippen molar-refractivity contribution >= 4 is 17.5 Å². The maximum absolute atomic E-state index is 12.4. The van der Waals surface area contributed by atoms with Gasteiger partial charge in [-0.15, -0.1) is 0 Å². The molecule has 0 saturated heterocycles. The Hall–Kier alpha value is -3.52. The summed E-state index contributed by atoms with van der Waals surface area (Å²) in [5, 5.41) is 13.0. The summed E-state index contributed by atoms with van der Waals surface area (Å²) in [4.78, 5) is 14.8. The number of hydrogen-bond donors (Lipinski definition) is 3. The van der Waals surface area contributed by atoms with Crippen molar-refractivity contribution < 1.29 is 14.3 Å². The van der Waals surface area contributed by atoms with E-state index in [1.165, 1.54) is 5.56 Å². The van der Waals surface area contributed by atoms with E-state index in [4.69, 9.17) is 9.47 Å². The van der Waals surface area contributed by atoms with Gasteiger partial charge in [-0.2, -0.15) is 5.10 Å². The second kappa shape index (κ2) is 7.48. The van der Waals surface area contributed by atoms with Crippen LogP contribution in [-0.4, -0.2) is 34.5 Å². The molecule has 2 aromatic carbocycles. The summed E-state index contributed by atoms with van der Waals surface area (Å²) in [6, 6.07) is 15.4.